The highest BCUT2D eigenvalue weighted by Gasteiger charge is 2.27. The number of aromatic nitrogens is 2. The highest BCUT2D eigenvalue weighted by atomic mass is 32.1. The van der Waals surface area contributed by atoms with E-state index in [0.717, 1.165) is 37.8 Å². The van der Waals surface area contributed by atoms with E-state index < -0.39 is 0 Å². The number of hydrogen-bond acceptors (Lipinski definition) is 7. The van der Waals surface area contributed by atoms with E-state index in [1.807, 2.05) is 6.07 Å². The number of carbonyl (C=O) groups excluding carboxylic acids is 2. The predicted molar refractivity (Wildman–Crippen MR) is 107 cm³/mol. The molecule has 2 amide bonds. The number of nitrogens with two attached hydrogens (primary N) is 1. The lowest BCUT2D eigenvalue weighted by Crippen LogP contribution is -2.40. The number of rotatable bonds is 7. The Balaban J connectivity index is 1.40. The summed E-state index contributed by atoms with van der Waals surface area (Å²) in [6.45, 7) is 4.61. The zero-order valence-electron chi connectivity index (χ0n) is 16.2. The molecule has 8 nitrogen and oxygen atoms in total. The number of nitrogens with zero attached hydrogens (tertiary/aromatic N) is 2. The lowest BCUT2D eigenvalue weighted by molar-refractivity contribution is -0.126. The van der Waals surface area contributed by atoms with Crippen molar-refractivity contribution in [3.05, 3.63) is 28.6 Å². The highest BCUT2D eigenvalue weighted by Crippen LogP contribution is 2.25. The summed E-state index contributed by atoms with van der Waals surface area (Å²) in [4.78, 5) is 29.0. The standard InChI is InChI=1S/C19H27N5O3S/c1-11(2)7-14-8-15(27-24-14)9-21-17(25)12-3-5-13(6-4-12)23-18(26)16-10-22-19(20)28-16/h8,10-13H,3-7,9H2,1-2H3,(H2,20,22)(H,21,25)(H,23,26). The van der Waals surface area contributed by atoms with Crippen LogP contribution in [0.1, 0.15) is 60.7 Å². The maximum absolute atomic E-state index is 12.4. The molecule has 28 heavy (non-hydrogen) atoms. The van der Waals surface area contributed by atoms with Gasteiger partial charge in [0.15, 0.2) is 10.9 Å². The molecule has 1 aliphatic rings. The molecule has 0 aromatic carbocycles. The molecule has 0 atom stereocenters. The minimum absolute atomic E-state index is 0.0295. The molecule has 2 aromatic heterocycles. The van der Waals surface area contributed by atoms with Crippen LogP contribution in [0.5, 0.6) is 0 Å². The molecular weight excluding hydrogens is 378 g/mol. The van der Waals surface area contributed by atoms with Crippen LogP contribution in [0.4, 0.5) is 5.13 Å². The van der Waals surface area contributed by atoms with Crippen LogP contribution in [0, 0.1) is 11.8 Å². The van der Waals surface area contributed by atoms with E-state index in [2.05, 4.69) is 34.6 Å². The lowest BCUT2D eigenvalue weighted by atomic mass is 9.85. The topological polar surface area (TPSA) is 123 Å². The van der Waals surface area contributed by atoms with Gasteiger partial charge in [-0.2, -0.15) is 0 Å². The maximum Gasteiger partial charge on any atom is 0.263 e. The largest absolute Gasteiger partial charge is 0.375 e. The van der Waals surface area contributed by atoms with Gasteiger partial charge >= 0.3 is 0 Å². The Morgan fingerprint density at radius 1 is 1.32 bits per heavy atom. The van der Waals surface area contributed by atoms with Crippen LogP contribution in [-0.4, -0.2) is 28.0 Å². The monoisotopic (exact) mass is 405 g/mol. The summed E-state index contributed by atoms with van der Waals surface area (Å²) in [5, 5.41) is 10.4. The molecule has 0 aliphatic heterocycles. The number of hydrogen-bond donors (Lipinski definition) is 3. The third kappa shape index (κ3) is 5.54. The van der Waals surface area contributed by atoms with Crippen molar-refractivity contribution in [2.24, 2.45) is 11.8 Å². The SMILES string of the molecule is CC(C)Cc1cc(CNC(=O)C2CCC(NC(=O)c3cnc(N)s3)CC2)on1. The van der Waals surface area contributed by atoms with Crippen LogP contribution in [0.2, 0.25) is 0 Å². The second-order valence-electron chi connectivity index (χ2n) is 7.69. The first-order valence-corrected chi connectivity index (χ1v) is 10.5. The molecule has 2 aromatic rings. The smallest absolute Gasteiger partial charge is 0.263 e. The summed E-state index contributed by atoms with van der Waals surface area (Å²) >= 11 is 1.18. The number of anilines is 1. The third-order valence-electron chi connectivity index (χ3n) is 4.84. The van der Waals surface area contributed by atoms with Crippen LogP contribution in [-0.2, 0) is 17.8 Å². The molecule has 1 aliphatic carbocycles. The van der Waals surface area contributed by atoms with Crippen molar-refractivity contribution < 1.29 is 14.1 Å². The molecule has 1 fully saturated rings. The third-order valence-corrected chi connectivity index (χ3v) is 5.67. The molecule has 9 heteroatoms. The summed E-state index contributed by atoms with van der Waals surface area (Å²) in [6, 6.07) is 1.98. The van der Waals surface area contributed by atoms with Gasteiger partial charge < -0.3 is 20.9 Å². The van der Waals surface area contributed by atoms with Crippen molar-refractivity contribution in [1.82, 2.24) is 20.8 Å². The van der Waals surface area contributed by atoms with Gasteiger partial charge in [0.25, 0.3) is 5.91 Å². The Morgan fingerprint density at radius 3 is 2.71 bits per heavy atom. The van der Waals surface area contributed by atoms with Crippen molar-refractivity contribution >= 4 is 28.3 Å². The minimum Gasteiger partial charge on any atom is -0.375 e. The number of amides is 2. The number of nitrogens with one attached hydrogen (secondary N) is 2. The maximum atomic E-state index is 12.4. The van der Waals surface area contributed by atoms with Gasteiger partial charge in [-0.05, 0) is 38.0 Å². The van der Waals surface area contributed by atoms with Gasteiger partial charge in [0.1, 0.15) is 4.88 Å². The minimum atomic E-state index is -0.148. The molecule has 4 N–H and O–H groups in total. The first-order chi connectivity index (χ1) is 13.4. The zero-order valence-corrected chi connectivity index (χ0v) is 17.1. The van der Waals surface area contributed by atoms with E-state index in [9.17, 15) is 9.59 Å². The molecule has 3 rings (SSSR count). The Kier molecular flexibility index (Phi) is 6.66. The molecule has 1 saturated carbocycles. The average molecular weight is 406 g/mol. The van der Waals surface area contributed by atoms with E-state index in [1.54, 1.807) is 0 Å². The van der Waals surface area contributed by atoms with Crippen molar-refractivity contribution in [3.8, 4) is 0 Å². The van der Waals surface area contributed by atoms with Crippen LogP contribution in [0.15, 0.2) is 16.8 Å². The van der Waals surface area contributed by atoms with Gasteiger partial charge in [-0.1, -0.05) is 30.3 Å². The van der Waals surface area contributed by atoms with E-state index in [1.165, 1.54) is 17.5 Å². The van der Waals surface area contributed by atoms with E-state index in [4.69, 9.17) is 10.3 Å². The van der Waals surface area contributed by atoms with Crippen LogP contribution in [0.3, 0.4) is 0 Å². The second kappa shape index (κ2) is 9.18. The summed E-state index contributed by atoms with van der Waals surface area (Å²) < 4.78 is 5.28. The lowest BCUT2D eigenvalue weighted by Gasteiger charge is -2.28. The van der Waals surface area contributed by atoms with Crippen molar-refractivity contribution in [2.45, 2.75) is 58.5 Å². The quantitative estimate of drug-likeness (QED) is 0.650. The van der Waals surface area contributed by atoms with Gasteiger partial charge in [-0.25, -0.2) is 4.98 Å². The van der Waals surface area contributed by atoms with Gasteiger partial charge in [-0.15, -0.1) is 0 Å². The number of nitrogen functional groups attached to an aromatic ring is 1. The fourth-order valence-electron chi connectivity index (χ4n) is 3.42. The summed E-state index contributed by atoms with van der Waals surface area (Å²) in [6.07, 6.45) is 5.40. The van der Waals surface area contributed by atoms with Crippen molar-refractivity contribution in [3.63, 3.8) is 0 Å². The Bertz CT molecular complexity index is 808. The first-order valence-electron chi connectivity index (χ1n) is 9.65. The summed E-state index contributed by atoms with van der Waals surface area (Å²) in [5.74, 6) is 1.03. The molecule has 0 bridgehead atoms. The molecule has 0 saturated heterocycles. The Labute approximate surface area is 168 Å². The van der Waals surface area contributed by atoms with Crippen LogP contribution in [0.25, 0.3) is 0 Å². The van der Waals surface area contributed by atoms with E-state index in [0.29, 0.717) is 28.2 Å². The summed E-state index contributed by atoms with van der Waals surface area (Å²) in [7, 11) is 0. The fraction of sp³-hybridized carbons (Fsp3) is 0.579. The van der Waals surface area contributed by atoms with E-state index >= 15 is 0 Å². The number of carbonyl (C=O) groups is 2. The molecule has 152 valence electrons. The fourth-order valence-corrected chi connectivity index (χ4v) is 4.01. The van der Waals surface area contributed by atoms with Crippen molar-refractivity contribution in [2.75, 3.05) is 5.73 Å². The second-order valence-corrected chi connectivity index (χ2v) is 8.75. The van der Waals surface area contributed by atoms with Gasteiger partial charge in [-0.3, -0.25) is 9.59 Å². The summed E-state index contributed by atoms with van der Waals surface area (Å²) in [5.41, 5.74) is 6.48. The van der Waals surface area contributed by atoms with Gasteiger partial charge in [0.05, 0.1) is 18.4 Å². The Morgan fingerprint density at radius 2 is 2.07 bits per heavy atom. The van der Waals surface area contributed by atoms with Crippen molar-refractivity contribution in [1.29, 1.82) is 0 Å². The molecule has 2 heterocycles. The number of thiazole rings is 1. The molecule has 0 unspecified atom stereocenters. The van der Waals surface area contributed by atoms with Crippen LogP contribution >= 0.6 is 11.3 Å². The van der Waals surface area contributed by atoms with Gasteiger partial charge in [0.2, 0.25) is 5.91 Å². The average Bonchev–Trinajstić information content (AvgIpc) is 3.28. The van der Waals surface area contributed by atoms with Gasteiger partial charge in [0, 0.05) is 18.0 Å². The zero-order chi connectivity index (χ0) is 20.1. The first kappa shape index (κ1) is 20.3. The predicted octanol–water partition coefficient (Wildman–Crippen LogP) is 2.52. The Hall–Kier alpha value is -2.42. The van der Waals surface area contributed by atoms with E-state index in [-0.39, 0.29) is 23.8 Å². The highest BCUT2D eigenvalue weighted by molar-refractivity contribution is 7.17. The van der Waals surface area contributed by atoms with Crippen LogP contribution < -0.4 is 16.4 Å². The normalized spacial score (nSPS) is 19.5. The molecular formula is C19H27N5O3S. The molecule has 0 radical (unpaired) electrons. The molecule has 0 spiro atoms.